The number of benzene rings is 3. The Bertz CT molecular complexity index is 2890. The van der Waals surface area contributed by atoms with Crippen LogP contribution in [0.3, 0.4) is 0 Å². The van der Waals surface area contributed by atoms with Crippen LogP contribution in [0, 0.1) is 17.6 Å². The summed E-state index contributed by atoms with van der Waals surface area (Å²) in [7, 11) is 1.48. The van der Waals surface area contributed by atoms with E-state index in [1.165, 1.54) is 52.2 Å². The van der Waals surface area contributed by atoms with Crippen LogP contribution >= 0.6 is 0 Å². The van der Waals surface area contributed by atoms with Crippen LogP contribution in [0.15, 0.2) is 109 Å². The molecule has 3 aromatic carbocycles. The van der Waals surface area contributed by atoms with E-state index in [1.807, 2.05) is 55.5 Å². The number of carbonyl (C=O) groups excluding carboxylic acids is 2. The predicted molar refractivity (Wildman–Crippen MR) is 276 cm³/mol. The third-order valence-electron chi connectivity index (χ3n) is 13.6. The van der Waals surface area contributed by atoms with E-state index < -0.39 is 53.7 Å². The number of rotatable bonds is 21. The van der Waals surface area contributed by atoms with Gasteiger partial charge in [0.1, 0.15) is 54.3 Å². The molecule has 0 saturated carbocycles. The highest BCUT2D eigenvalue weighted by atomic mass is 19.1. The molecule has 20 nitrogen and oxygen atoms in total. The van der Waals surface area contributed by atoms with Crippen LogP contribution in [0.5, 0.6) is 5.75 Å². The first kappa shape index (κ1) is 55.5. The number of nitrogens with zero attached hydrogens (tertiary/aromatic N) is 10. The van der Waals surface area contributed by atoms with E-state index >= 15 is 4.39 Å². The number of ether oxygens (including phenoxy) is 4. The lowest BCUT2D eigenvalue weighted by molar-refractivity contribution is -0.753. The highest BCUT2D eigenvalue weighted by molar-refractivity contribution is 5.86. The number of nitrogens with two attached hydrogens (primary N) is 2. The second kappa shape index (κ2) is 24.8. The number of esters is 1. The summed E-state index contributed by atoms with van der Waals surface area (Å²) in [6, 6.07) is 21.3. The Labute approximate surface area is 435 Å². The highest BCUT2D eigenvalue weighted by Gasteiger charge is 2.46. The minimum absolute atomic E-state index is 0. The van der Waals surface area contributed by atoms with Gasteiger partial charge in [-0.1, -0.05) is 26.5 Å². The largest absolute Gasteiger partial charge is 0.493 e. The molecule has 6 atom stereocenters. The molecule has 2 aliphatic heterocycles. The van der Waals surface area contributed by atoms with E-state index in [9.17, 15) is 23.9 Å². The molecule has 1 amide bonds. The molecule has 75 heavy (non-hydrogen) atoms. The van der Waals surface area contributed by atoms with Crippen LogP contribution in [0.4, 0.5) is 30.8 Å². The summed E-state index contributed by atoms with van der Waals surface area (Å²) in [5.74, 6) is -1.32. The maximum atomic E-state index is 15.6. The van der Waals surface area contributed by atoms with Gasteiger partial charge in [-0.15, -0.1) is 4.68 Å². The van der Waals surface area contributed by atoms with Crippen LogP contribution in [-0.2, 0) is 37.8 Å². The van der Waals surface area contributed by atoms with Crippen molar-refractivity contribution in [2.75, 3.05) is 67.7 Å². The number of halogens is 2. The molecule has 402 valence electrons. The lowest BCUT2D eigenvalue weighted by atomic mass is 9.87. The Morgan fingerprint density at radius 3 is 2.32 bits per heavy atom. The number of piperazine rings is 1. The van der Waals surface area contributed by atoms with Crippen LogP contribution in [0.1, 0.15) is 77.3 Å². The fourth-order valence-electron chi connectivity index (χ4n) is 9.46. The number of hydrogen-bond acceptors (Lipinski definition) is 15. The van der Waals surface area contributed by atoms with Gasteiger partial charge in [0.05, 0.1) is 31.0 Å². The molecule has 5 heterocycles. The van der Waals surface area contributed by atoms with E-state index in [0.717, 1.165) is 43.6 Å². The zero-order chi connectivity index (χ0) is 52.5. The minimum Gasteiger partial charge on any atom is -0.493 e. The van der Waals surface area contributed by atoms with Crippen molar-refractivity contribution < 1.29 is 47.0 Å². The van der Waals surface area contributed by atoms with Gasteiger partial charge in [0.15, 0.2) is 0 Å². The summed E-state index contributed by atoms with van der Waals surface area (Å²) >= 11 is 0. The van der Waals surface area contributed by atoms with Crippen LogP contribution in [-0.4, -0.2) is 111 Å². The second-order valence-corrected chi connectivity index (χ2v) is 18.8. The van der Waals surface area contributed by atoms with Gasteiger partial charge in [-0.25, -0.2) is 32.6 Å². The highest BCUT2D eigenvalue weighted by Crippen LogP contribution is 2.42. The van der Waals surface area contributed by atoms with Crippen molar-refractivity contribution in [2.45, 2.75) is 97.0 Å². The van der Waals surface area contributed by atoms with Crippen molar-refractivity contribution in [3.05, 3.63) is 137 Å². The lowest BCUT2D eigenvalue weighted by Crippen LogP contribution is -2.46. The van der Waals surface area contributed by atoms with Crippen molar-refractivity contribution in [3.63, 3.8) is 0 Å². The maximum absolute atomic E-state index is 15.6. The Morgan fingerprint density at radius 1 is 0.987 bits per heavy atom. The van der Waals surface area contributed by atoms with E-state index in [2.05, 4.69) is 25.0 Å². The second-order valence-electron chi connectivity index (χ2n) is 18.8. The third-order valence-corrected chi connectivity index (χ3v) is 13.6. The van der Waals surface area contributed by atoms with Crippen LogP contribution in [0.2, 0.25) is 0 Å². The fourth-order valence-corrected chi connectivity index (χ4v) is 9.46. The third kappa shape index (κ3) is 13.0. The van der Waals surface area contributed by atoms with Gasteiger partial charge in [-0.3, -0.25) is 9.69 Å². The van der Waals surface area contributed by atoms with Crippen LogP contribution in [0.25, 0.3) is 5.69 Å². The number of pyridine rings is 1. The van der Waals surface area contributed by atoms with Gasteiger partial charge in [0, 0.05) is 85.9 Å². The van der Waals surface area contributed by atoms with Gasteiger partial charge in [-0.05, 0) is 99.8 Å². The molecule has 0 spiro atoms. The zero-order valence-corrected chi connectivity index (χ0v) is 42.1. The summed E-state index contributed by atoms with van der Waals surface area (Å²) in [6.07, 6.45) is 5.65. The van der Waals surface area contributed by atoms with Crippen molar-refractivity contribution >= 4 is 29.3 Å². The average molecular weight is 1040 g/mol. The minimum atomic E-state index is -1.24. The first-order valence-corrected chi connectivity index (χ1v) is 24.9. The number of aliphatic hydroxyl groups is 1. The summed E-state index contributed by atoms with van der Waals surface area (Å²) in [5, 5.41) is 18.9. The first-order chi connectivity index (χ1) is 35.7. The molecule has 22 heteroatoms. The summed E-state index contributed by atoms with van der Waals surface area (Å²) in [5.41, 5.74) is 13.4. The summed E-state index contributed by atoms with van der Waals surface area (Å²) in [6.45, 7) is 9.22. The van der Waals surface area contributed by atoms with Gasteiger partial charge in [0.2, 0.25) is 12.6 Å². The van der Waals surface area contributed by atoms with E-state index in [4.69, 9.17) is 30.4 Å². The lowest BCUT2D eigenvalue weighted by Gasteiger charge is -2.37. The molecule has 8 rings (SSSR count). The topological polar surface area (TPSA) is 227 Å². The Kier molecular flexibility index (Phi) is 18.4. The van der Waals surface area contributed by atoms with Crippen molar-refractivity contribution in [1.82, 2.24) is 29.1 Å². The molecule has 2 aliphatic rings. The molecular weight excluding hydrogens is 971 g/mol. The van der Waals surface area contributed by atoms with E-state index in [0.29, 0.717) is 49.2 Å². The van der Waals surface area contributed by atoms with Gasteiger partial charge >= 0.3 is 17.8 Å². The fraction of sp³-hybridized carbons (Fsp3) is 0.453. The molecule has 0 radical (unpaired) electrons. The van der Waals surface area contributed by atoms with Gasteiger partial charge in [0.25, 0.3) is 6.33 Å². The number of hydrogen-bond donors (Lipinski definition) is 3. The first-order valence-electron chi connectivity index (χ1n) is 24.9. The molecule has 3 aromatic heterocycles. The molecule has 5 N–H and O–H groups in total. The van der Waals surface area contributed by atoms with E-state index in [-0.39, 0.29) is 56.8 Å². The maximum Gasteiger partial charge on any atom is 0.418 e. The summed E-state index contributed by atoms with van der Waals surface area (Å²) in [4.78, 5) is 49.1. The zero-order valence-electron chi connectivity index (χ0n) is 42.1. The average Bonchev–Trinajstić information content (AvgIpc) is 4.16. The molecule has 0 bridgehead atoms. The number of aromatic nitrogens is 7. The molecule has 1 unspecified atom stereocenters. The SMILES string of the molecule is C.CC[C@@H]([C@H](C)O)n1ncn(-c2ccc(N3CCN(c4ccc(OC[C@@H]5CO[C@@](Cn6c[n+](C(C)OC(=O)N(C)c7ncccc7COC(=O)[C@@H](N)CCCN)cn6)(c6ccc(F)cc6F)C5)cc4)CC3)cc2)c1=O. The monoisotopic (exact) mass is 1040 g/mol. The number of amides is 1. The Balaban J connectivity index is 0.00000820. The standard InChI is InChI=1S/C52H65F2N12O8.CH4/c1-5-47(35(2)67)66-50(69)65(33-59-66)42-13-11-40(12-14-42)61-22-24-62(25-23-61)41-15-17-43(18-16-41)71-28-37-27-52(73-29-37,44-19-10-39(53)26-45(44)54)31-64-34-63(32-58-64)36(3)74-51(70)60(4)48-38(8-7-21-57-48)30-72-49(68)46(56)9-6-20-55;/h7-8,10-19,21,26,32-37,46-47,67H,5-6,9,20,22-25,27-31,55-56H2,1-4H3;1H4/q+1;/t35-,36?,37+,46-,47-,52-;/m0./s1. The predicted octanol–water partition coefficient (Wildman–Crippen LogP) is 5.40. The molecular formula is C53H69F2N12O8+. The van der Waals surface area contributed by atoms with Gasteiger partial charge < -0.3 is 45.3 Å². The molecule has 0 aliphatic carbocycles. The molecule has 2 fully saturated rings. The number of aliphatic hydroxyl groups excluding tert-OH is 1. The normalized spacial score (nSPS) is 18.2. The quantitative estimate of drug-likeness (QED) is 0.0606. The molecule has 2 saturated heterocycles. The molecule has 6 aromatic rings. The van der Waals surface area contributed by atoms with Gasteiger partial charge in [-0.2, -0.15) is 9.67 Å². The van der Waals surface area contributed by atoms with Crippen molar-refractivity contribution in [2.24, 2.45) is 17.4 Å². The van der Waals surface area contributed by atoms with E-state index in [1.54, 1.807) is 41.6 Å². The smallest absolute Gasteiger partial charge is 0.418 e. The summed E-state index contributed by atoms with van der Waals surface area (Å²) < 4.78 is 59.7. The number of carbonyl (C=O) groups is 2. The van der Waals surface area contributed by atoms with Crippen molar-refractivity contribution in [1.29, 1.82) is 0 Å². The Morgan fingerprint density at radius 2 is 1.67 bits per heavy atom. The number of anilines is 3. The Hall–Kier alpha value is -7.27. The van der Waals surface area contributed by atoms with Crippen LogP contribution < -0.4 is 41.2 Å². The van der Waals surface area contributed by atoms with Crippen molar-refractivity contribution in [3.8, 4) is 11.4 Å².